The van der Waals surface area contributed by atoms with Gasteiger partial charge in [-0.15, -0.1) is 0 Å². The number of aryl methyl sites for hydroxylation is 1. The van der Waals surface area contributed by atoms with Crippen LogP contribution in [0.2, 0.25) is 0 Å². The molecule has 1 heterocycles. The van der Waals surface area contributed by atoms with Crippen molar-refractivity contribution >= 4 is 5.82 Å². The van der Waals surface area contributed by atoms with Gasteiger partial charge in [-0.3, -0.25) is 0 Å². The molecule has 0 bridgehead atoms. The first-order valence-electron chi connectivity index (χ1n) is 7.47. The molecule has 1 aromatic heterocycles. The topological polar surface area (TPSA) is 51.4 Å². The summed E-state index contributed by atoms with van der Waals surface area (Å²) >= 11 is 0. The highest BCUT2D eigenvalue weighted by Gasteiger charge is 2.09. The van der Waals surface area contributed by atoms with Gasteiger partial charge in [0.05, 0.1) is 12.7 Å². The van der Waals surface area contributed by atoms with Crippen LogP contribution in [0.5, 0.6) is 0 Å². The summed E-state index contributed by atoms with van der Waals surface area (Å²) in [5, 5.41) is 0. The molecule has 0 aromatic carbocycles. The third-order valence-electron chi connectivity index (χ3n) is 3.37. The average Bonchev–Trinajstić information content (AvgIpc) is 2.38. The highest BCUT2D eigenvalue weighted by molar-refractivity contribution is 5.46. The van der Waals surface area contributed by atoms with E-state index in [-0.39, 0.29) is 12.1 Å². The Bertz CT molecular complexity index is 407. The molecule has 0 aliphatic heterocycles. The van der Waals surface area contributed by atoms with Crippen molar-refractivity contribution < 1.29 is 4.74 Å². The van der Waals surface area contributed by atoms with Crippen molar-refractivity contribution in [1.82, 2.24) is 4.98 Å². The molecule has 0 spiro atoms. The number of anilines is 1. The molecule has 4 heteroatoms. The Morgan fingerprint density at radius 2 is 2.10 bits per heavy atom. The van der Waals surface area contributed by atoms with E-state index in [1.54, 1.807) is 0 Å². The molecule has 0 fully saturated rings. The lowest BCUT2D eigenvalue weighted by Gasteiger charge is -2.21. The van der Waals surface area contributed by atoms with Crippen LogP contribution in [0.15, 0.2) is 12.3 Å². The molecule has 1 unspecified atom stereocenters. The summed E-state index contributed by atoms with van der Waals surface area (Å²) in [6.07, 6.45) is 4.10. The van der Waals surface area contributed by atoms with Crippen molar-refractivity contribution in [2.24, 2.45) is 5.73 Å². The third-order valence-corrected chi connectivity index (χ3v) is 3.37. The van der Waals surface area contributed by atoms with E-state index in [0.717, 1.165) is 31.8 Å². The molecule has 0 amide bonds. The summed E-state index contributed by atoms with van der Waals surface area (Å²) < 4.78 is 5.58. The molecular weight excluding hydrogens is 250 g/mol. The number of hydrogen-bond donors (Lipinski definition) is 1. The summed E-state index contributed by atoms with van der Waals surface area (Å²) in [6.45, 7) is 9.88. The number of rotatable bonds is 8. The Morgan fingerprint density at radius 3 is 2.65 bits per heavy atom. The fourth-order valence-corrected chi connectivity index (χ4v) is 2.12. The minimum Gasteiger partial charge on any atom is -0.377 e. The zero-order chi connectivity index (χ0) is 15.1. The summed E-state index contributed by atoms with van der Waals surface area (Å²) in [5.74, 6) is 1.02. The summed E-state index contributed by atoms with van der Waals surface area (Å²) in [6, 6.07) is 2.41. The van der Waals surface area contributed by atoms with E-state index in [1.165, 1.54) is 11.1 Å². The van der Waals surface area contributed by atoms with E-state index < -0.39 is 0 Å². The Balaban J connectivity index is 2.62. The van der Waals surface area contributed by atoms with E-state index in [4.69, 9.17) is 10.5 Å². The number of aromatic nitrogens is 1. The number of ether oxygens (including phenoxy) is 1. The molecule has 4 nitrogen and oxygen atoms in total. The number of likely N-dealkylation sites (N-methyl/N-ethyl adjacent to an activating group) is 1. The van der Waals surface area contributed by atoms with Gasteiger partial charge in [0.2, 0.25) is 0 Å². The molecule has 0 saturated carbocycles. The maximum absolute atomic E-state index is 5.99. The first-order valence-corrected chi connectivity index (χ1v) is 7.47. The monoisotopic (exact) mass is 279 g/mol. The molecule has 0 aliphatic rings. The highest BCUT2D eigenvalue weighted by atomic mass is 16.5. The van der Waals surface area contributed by atoms with Crippen molar-refractivity contribution in [1.29, 1.82) is 0 Å². The molecule has 1 rings (SSSR count). The Hall–Kier alpha value is -1.13. The second kappa shape index (κ2) is 8.22. The van der Waals surface area contributed by atoms with Crippen molar-refractivity contribution in [3.63, 3.8) is 0 Å². The van der Waals surface area contributed by atoms with Crippen molar-refractivity contribution in [3.05, 3.63) is 23.4 Å². The largest absolute Gasteiger partial charge is 0.377 e. The molecule has 20 heavy (non-hydrogen) atoms. The van der Waals surface area contributed by atoms with Gasteiger partial charge in [-0.2, -0.15) is 0 Å². The number of hydrogen-bond acceptors (Lipinski definition) is 4. The van der Waals surface area contributed by atoms with Crippen molar-refractivity contribution in [2.45, 2.75) is 52.7 Å². The van der Waals surface area contributed by atoms with E-state index in [9.17, 15) is 0 Å². The predicted octanol–water partition coefficient (Wildman–Crippen LogP) is 2.53. The quantitative estimate of drug-likeness (QED) is 0.794. The zero-order valence-electron chi connectivity index (χ0n) is 13.5. The van der Waals surface area contributed by atoms with Crippen molar-refractivity contribution in [3.8, 4) is 0 Å². The molecule has 2 N–H and O–H groups in total. The number of pyridine rings is 1. The van der Waals surface area contributed by atoms with Gasteiger partial charge in [0.15, 0.2) is 0 Å². The van der Waals surface area contributed by atoms with Gasteiger partial charge in [0.25, 0.3) is 0 Å². The number of nitrogens with two attached hydrogens (primary N) is 1. The molecule has 0 saturated heterocycles. The first kappa shape index (κ1) is 16.9. The van der Waals surface area contributed by atoms with Crippen LogP contribution in [0.4, 0.5) is 5.82 Å². The van der Waals surface area contributed by atoms with E-state index in [0.29, 0.717) is 0 Å². The third kappa shape index (κ3) is 5.47. The lowest BCUT2D eigenvalue weighted by atomic mass is 10.0. The lowest BCUT2D eigenvalue weighted by molar-refractivity contribution is 0.0845. The van der Waals surface area contributed by atoms with Gasteiger partial charge in [0.1, 0.15) is 5.82 Å². The second-order valence-electron chi connectivity index (χ2n) is 5.70. The maximum Gasteiger partial charge on any atom is 0.131 e. The smallest absolute Gasteiger partial charge is 0.131 e. The molecular formula is C16H29N3O. The maximum atomic E-state index is 5.99. The van der Waals surface area contributed by atoms with Crippen LogP contribution in [0, 0.1) is 6.92 Å². The van der Waals surface area contributed by atoms with Crippen LogP contribution < -0.4 is 10.6 Å². The Kier molecular flexibility index (Phi) is 6.96. The zero-order valence-corrected chi connectivity index (χ0v) is 13.5. The molecule has 0 aliphatic carbocycles. The number of nitrogens with zero attached hydrogens (tertiary/aromatic N) is 2. The van der Waals surface area contributed by atoms with Gasteiger partial charge in [-0.1, -0.05) is 13.0 Å². The first-order chi connectivity index (χ1) is 9.43. The van der Waals surface area contributed by atoms with Crippen LogP contribution in [0.25, 0.3) is 0 Å². The van der Waals surface area contributed by atoms with Crippen LogP contribution in [-0.2, 0) is 11.2 Å². The minimum atomic E-state index is 0.222. The Morgan fingerprint density at radius 1 is 1.40 bits per heavy atom. The van der Waals surface area contributed by atoms with Crippen molar-refractivity contribution in [2.75, 3.05) is 25.1 Å². The molecule has 1 aromatic rings. The van der Waals surface area contributed by atoms with E-state index in [2.05, 4.69) is 50.7 Å². The molecule has 0 radical (unpaired) electrons. The standard InChI is InChI=1S/C16H29N3O/c1-6-15(17)10-14-9-13(4)16(18-11-14)19(5)7-8-20-12(2)3/h9,11-12,15H,6-8,10,17H2,1-5H3. The highest BCUT2D eigenvalue weighted by Crippen LogP contribution is 2.17. The normalized spacial score (nSPS) is 12.8. The van der Waals surface area contributed by atoms with E-state index in [1.807, 2.05) is 6.20 Å². The average molecular weight is 279 g/mol. The lowest BCUT2D eigenvalue weighted by Crippen LogP contribution is -2.26. The van der Waals surface area contributed by atoms with Gasteiger partial charge < -0.3 is 15.4 Å². The van der Waals surface area contributed by atoms with E-state index >= 15 is 0 Å². The molecule has 1 atom stereocenters. The van der Waals surface area contributed by atoms with Gasteiger partial charge in [-0.25, -0.2) is 4.98 Å². The predicted molar refractivity (Wildman–Crippen MR) is 85.3 cm³/mol. The SMILES string of the molecule is CCC(N)Cc1cnc(N(C)CCOC(C)C)c(C)c1. The second-order valence-corrected chi connectivity index (χ2v) is 5.70. The van der Waals surface area contributed by atoms with Gasteiger partial charge >= 0.3 is 0 Å². The summed E-state index contributed by atoms with van der Waals surface area (Å²) in [4.78, 5) is 6.72. The fourth-order valence-electron chi connectivity index (χ4n) is 2.12. The van der Waals surface area contributed by atoms with Crippen LogP contribution in [0.3, 0.4) is 0 Å². The molecule has 114 valence electrons. The van der Waals surface area contributed by atoms with Crippen LogP contribution in [0.1, 0.15) is 38.3 Å². The Labute approximate surface area is 123 Å². The minimum absolute atomic E-state index is 0.222. The van der Waals surface area contributed by atoms with Crippen LogP contribution in [-0.4, -0.2) is 37.3 Å². The summed E-state index contributed by atoms with van der Waals surface area (Å²) in [7, 11) is 2.05. The van der Waals surface area contributed by atoms with Crippen LogP contribution >= 0.6 is 0 Å². The fraction of sp³-hybridized carbons (Fsp3) is 0.688. The van der Waals surface area contributed by atoms with Gasteiger partial charge in [0, 0.05) is 25.8 Å². The summed E-state index contributed by atoms with van der Waals surface area (Å²) in [5.41, 5.74) is 8.40. The van der Waals surface area contributed by atoms with Gasteiger partial charge in [-0.05, 0) is 44.7 Å².